The highest BCUT2D eigenvalue weighted by atomic mass is 16.5. The fourth-order valence-electron chi connectivity index (χ4n) is 3.90. The molecule has 1 saturated heterocycles. The van der Waals surface area contributed by atoms with Crippen LogP contribution in [0.4, 0.5) is 5.95 Å². The molecule has 3 heterocycles. The van der Waals surface area contributed by atoms with Crippen LogP contribution in [0.25, 0.3) is 11.2 Å². The first-order valence-electron chi connectivity index (χ1n) is 10.8. The van der Waals surface area contributed by atoms with Crippen molar-refractivity contribution < 1.29 is 9.84 Å². The highest BCUT2D eigenvalue weighted by Crippen LogP contribution is 2.22. The summed E-state index contributed by atoms with van der Waals surface area (Å²) in [5.41, 5.74) is 1.82. The molecule has 1 atom stereocenters. The lowest BCUT2D eigenvalue weighted by Crippen LogP contribution is -2.45. The normalized spacial score (nSPS) is 16.0. The monoisotopic (exact) mass is 442 g/mol. The number of hydrogen-bond acceptors (Lipinski definition) is 7. The maximum absolute atomic E-state index is 12.7. The fourth-order valence-corrected chi connectivity index (χ4v) is 3.90. The van der Waals surface area contributed by atoms with Gasteiger partial charge in [0.05, 0.1) is 6.54 Å². The fraction of sp³-hybridized carbons (Fsp3) is 0.500. The summed E-state index contributed by atoms with van der Waals surface area (Å²) in [5, 5.41) is 10.8. The number of aliphatic hydroxyl groups is 1. The van der Waals surface area contributed by atoms with E-state index in [2.05, 4.69) is 26.8 Å². The number of imidazole rings is 1. The first kappa shape index (κ1) is 22.1. The third-order valence-electron chi connectivity index (χ3n) is 6.09. The second kappa shape index (κ2) is 8.79. The summed E-state index contributed by atoms with van der Waals surface area (Å²) in [4.78, 5) is 36.1. The molecule has 0 saturated carbocycles. The quantitative estimate of drug-likeness (QED) is 0.563. The van der Waals surface area contributed by atoms with E-state index in [0.29, 0.717) is 17.3 Å². The van der Waals surface area contributed by atoms with E-state index in [0.717, 1.165) is 31.7 Å². The van der Waals surface area contributed by atoms with Gasteiger partial charge in [-0.3, -0.25) is 14.3 Å². The van der Waals surface area contributed by atoms with Crippen LogP contribution in [0.15, 0.2) is 27.8 Å². The smallest absolute Gasteiger partial charge is 0.329 e. The Morgan fingerprint density at radius 1 is 1.12 bits per heavy atom. The zero-order valence-electron chi connectivity index (χ0n) is 19.0. The summed E-state index contributed by atoms with van der Waals surface area (Å²) < 4.78 is 8.82. The van der Waals surface area contributed by atoms with Crippen LogP contribution in [0.5, 0.6) is 5.75 Å². The molecule has 0 unspecified atom stereocenters. The minimum Gasteiger partial charge on any atom is -0.491 e. The molecule has 0 spiro atoms. The van der Waals surface area contributed by atoms with Crippen LogP contribution in [-0.2, 0) is 13.6 Å². The summed E-state index contributed by atoms with van der Waals surface area (Å²) >= 11 is 0. The Hall–Kier alpha value is -3.11. The van der Waals surface area contributed by atoms with Crippen LogP contribution in [-0.4, -0.2) is 75.0 Å². The van der Waals surface area contributed by atoms with E-state index in [9.17, 15) is 14.7 Å². The number of piperazine rings is 1. The Bertz CT molecular complexity index is 1240. The van der Waals surface area contributed by atoms with E-state index in [4.69, 9.17) is 4.74 Å². The second-order valence-corrected chi connectivity index (χ2v) is 8.51. The zero-order chi connectivity index (χ0) is 23.0. The number of likely N-dealkylation sites (N-methyl/N-ethyl adjacent to an activating group) is 1. The molecule has 32 heavy (non-hydrogen) atoms. The van der Waals surface area contributed by atoms with Gasteiger partial charge < -0.3 is 24.2 Å². The number of ether oxygens (including phenoxy) is 1. The molecular weight excluding hydrogens is 412 g/mol. The number of H-pyrrole nitrogens is 1. The molecule has 1 aliphatic heterocycles. The first-order valence-corrected chi connectivity index (χ1v) is 10.8. The number of aliphatic hydroxyl groups excluding tert-OH is 1. The molecule has 2 aromatic heterocycles. The van der Waals surface area contributed by atoms with Crippen molar-refractivity contribution in [1.29, 1.82) is 0 Å². The van der Waals surface area contributed by atoms with Crippen LogP contribution in [0.1, 0.15) is 11.1 Å². The molecule has 3 aromatic rings. The van der Waals surface area contributed by atoms with Gasteiger partial charge in [-0.05, 0) is 44.2 Å². The van der Waals surface area contributed by atoms with Gasteiger partial charge >= 0.3 is 5.69 Å². The largest absolute Gasteiger partial charge is 0.491 e. The van der Waals surface area contributed by atoms with Crippen molar-refractivity contribution in [2.24, 2.45) is 7.05 Å². The second-order valence-electron chi connectivity index (χ2n) is 8.51. The number of aryl methyl sites for hydroxylation is 3. The number of aromatic amines is 1. The lowest BCUT2D eigenvalue weighted by atomic mass is 10.1. The highest BCUT2D eigenvalue weighted by molar-refractivity contribution is 5.74. The Morgan fingerprint density at radius 2 is 1.84 bits per heavy atom. The van der Waals surface area contributed by atoms with Gasteiger partial charge in [0.15, 0.2) is 11.2 Å². The maximum Gasteiger partial charge on any atom is 0.329 e. The SMILES string of the molecule is Cc1ccc(OC[C@@H](O)Cn2c(N3CCN(C)CC3)nc3c2c(=O)[nH]c(=O)n3C)cc1C. The Balaban J connectivity index is 1.64. The molecule has 1 aliphatic rings. The zero-order valence-corrected chi connectivity index (χ0v) is 19.0. The Morgan fingerprint density at radius 3 is 2.53 bits per heavy atom. The molecule has 1 aromatic carbocycles. The number of anilines is 1. The van der Waals surface area contributed by atoms with Crippen molar-refractivity contribution >= 4 is 17.1 Å². The van der Waals surface area contributed by atoms with Crippen LogP contribution in [0.2, 0.25) is 0 Å². The Labute approximate surface area is 185 Å². The van der Waals surface area contributed by atoms with E-state index in [-0.39, 0.29) is 18.7 Å². The number of hydrogen-bond donors (Lipinski definition) is 2. The predicted molar refractivity (Wildman–Crippen MR) is 123 cm³/mol. The highest BCUT2D eigenvalue weighted by Gasteiger charge is 2.25. The van der Waals surface area contributed by atoms with Gasteiger partial charge in [0.25, 0.3) is 5.56 Å². The number of fused-ring (bicyclic) bond motifs is 1. The van der Waals surface area contributed by atoms with Crippen LogP contribution in [0, 0.1) is 13.8 Å². The average molecular weight is 443 g/mol. The van der Waals surface area contributed by atoms with E-state index in [1.165, 1.54) is 10.1 Å². The standard InChI is InChI=1S/C22H30N6O4/c1-14-5-6-17(11-15(14)2)32-13-16(29)12-28-18-19(26(4)22(31)24-20(18)30)23-21(28)27-9-7-25(3)8-10-27/h5-6,11,16,29H,7-10,12-13H2,1-4H3,(H,24,30,31)/t16-/m0/s1. The van der Waals surface area contributed by atoms with Crippen molar-refractivity contribution in [3.05, 3.63) is 50.2 Å². The molecule has 1 fully saturated rings. The van der Waals surface area contributed by atoms with Crippen molar-refractivity contribution in [3.8, 4) is 5.75 Å². The molecule has 10 nitrogen and oxygen atoms in total. The summed E-state index contributed by atoms with van der Waals surface area (Å²) in [7, 11) is 3.63. The molecule has 0 aliphatic carbocycles. The van der Waals surface area contributed by atoms with E-state index < -0.39 is 17.4 Å². The van der Waals surface area contributed by atoms with Crippen LogP contribution < -0.4 is 20.9 Å². The minimum absolute atomic E-state index is 0.0635. The van der Waals surface area contributed by atoms with Crippen LogP contribution in [0.3, 0.4) is 0 Å². The van der Waals surface area contributed by atoms with Gasteiger partial charge in [0, 0.05) is 33.2 Å². The van der Waals surface area contributed by atoms with E-state index >= 15 is 0 Å². The number of rotatable bonds is 6. The van der Waals surface area contributed by atoms with Crippen molar-refractivity contribution in [2.45, 2.75) is 26.5 Å². The van der Waals surface area contributed by atoms with Gasteiger partial charge in [0.1, 0.15) is 18.5 Å². The molecule has 0 radical (unpaired) electrons. The lowest BCUT2D eigenvalue weighted by Gasteiger charge is -2.33. The van der Waals surface area contributed by atoms with Gasteiger partial charge in [0.2, 0.25) is 5.95 Å². The third kappa shape index (κ3) is 4.28. The van der Waals surface area contributed by atoms with Crippen molar-refractivity contribution in [2.75, 3.05) is 44.7 Å². The van der Waals surface area contributed by atoms with Crippen molar-refractivity contribution in [1.82, 2.24) is 24.0 Å². The first-order chi connectivity index (χ1) is 15.2. The molecule has 10 heteroatoms. The average Bonchev–Trinajstić information content (AvgIpc) is 3.13. The molecule has 0 bridgehead atoms. The molecule has 172 valence electrons. The molecule has 0 amide bonds. The van der Waals surface area contributed by atoms with Gasteiger partial charge in [-0.2, -0.15) is 4.98 Å². The number of nitrogens with zero attached hydrogens (tertiary/aromatic N) is 5. The summed E-state index contributed by atoms with van der Waals surface area (Å²) in [5.74, 6) is 1.26. The lowest BCUT2D eigenvalue weighted by molar-refractivity contribution is 0.0935. The summed E-state index contributed by atoms with van der Waals surface area (Å²) in [6.45, 7) is 7.41. The Kier molecular flexibility index (Phi) is 6.07. The van der Waals surface area contributed by atoms with E-state index in [1.54, 1.807) is 11.6 Å². The van der Waals surface area contributed by atoms with Crippen LogP contribution >= 0.6 is 0 Å². The van der Waals surface area contributed by atoms with Gasteiger partial charge in [-0.1, -0.05) is 6.07 Å². The predicted octanol–water partition coefficient (Wildman–Crippen LogP) is 0.232. The number of benzene rings is 1. The maximum atomic E-state index is 12.7. The molecule has 4 rings (SSSR count). The minimum atomic E-state index is -0.878. The number of aromatic nitrogens is 4. The van der Waals surface area contributed by atoms with Gasteiger partial charge in [-0.25, -0.2) is 4.79 Å². The van der Waals surface area contributed by atoms with Gasteiger partial charge in [-0.15, -0.1) is 0 Å². The topological polar surface area (TPSA) is 109 Å². The third-order valence-corrected chi connectivity index (χ3v) is 6.09. The summed E-state index contributed by atoms with van der Waals surface area (Å²) in [6.07, 6.45) is -0.878. The summed E-state index contributed by atoms with van der Waals surface area (Å²) in [6, 6.07) is 5.79. The van der Waals surface area contributed by atoms with E-state index in [1.807, 2.05) is 32.0 Å². The van der Waals surface area contributed by atoms with Crippen molar-refractivity contribution in [3.63, 3.8) is 0 Å². The molecule has 2 N–H and O–H groups in total. The molecular formula is C22H30N6O4. The number of nitrogens with one attached hydrogen (secondary N) is 1.